The van der Waals surface area contributed by atoms with Gasteiger partial charge in [-0.05, 0) is 61.1 Å². The lowest BCUT2D eigenvalue weighted by molar-refractivity contribution is 0.0944. The van der Waals surface area contributed by atoms with Crippen molar-refractivity contribution >= 4 is 40.7 Å². The Bertz CT molecular complexity index is 1110. The Morgan fingerprint density at radius 2 is 1.76 bits per heavy atom. The van der Waals surface area contributed by atoms with Crippen molar-refractivity contribution in [2.24, 2.45) is 0 Å². The first-order valence-electron chi connectivity index (χ1n) is 9.62. The summed E-state index contributed by atoms with van der Waals surface area (Å²) in [7, 11) is 0. The summed E-state index contributed by atoms with van der Waals surface area (Å²) in [6.07, 6.45) is 3.31. The van der Waals surface area contributed by atoms with Crippen LogP contribution in [0.3, 0.4) is 0 Å². The van der Waals surface area contributed by atoms with Gasteiger partial charge in [0.1, 0.15) is 0 Å². The number of hydrogen-bond donors (Lipinski definition) is 1. The van der Waals surface area contributed by atoms with E-state index in [-0.39, 0.29) is 5.91 Å². The molecule has 0 spiro atoms. The average molecular weight is 447 g/mol. The van der Waals surface area contributed by atoms with E-state index < -0.39 is 0 Å². The summed E-state index contributed by atoms with van der Waals surface area (Å²) in [6, 6.07) is 12.8. The smallest absolute Gasteiger partial charge is 0.272 e. The summed E-state index contributed by atoms with van der Waals surface area (Å²) < 4.78 is 1.86. The number of nitrogens with one attached hydrogen (secondary N) is 1. The van der Waals surface area contributed by atoms with Crippen LogP contribution in [-0.4, -0.2) is 15.7 Å². The first-order chi connectivity index (χ1) is 14.0. The second-order valence-corrected chi connectivity index (χ2v) is 8.95. The monoisotopic (exact) mass is 445 g/mol. The van der Waals surface area contributed by atoms with Gasteiger partial charge in [-0.1, -0.05) is 46.9 Å². The Morgan fingerprint density at radius 1 is 1.03 bits per heavy atom. The van der Waals surface area contributed by atoms with Gasteiger partial charge in [-0.25, -0.2) is 4.68 Å². The zero-order valence-electron chi connectivity index (χ0n) is 15.5. The van der Waals surface area contributed by atoms with Crippen LogP contribution in [0, 0.1) is 0 Å². The fourth-order valence-electron chi connectivity index (χ4n) is 4.60. The predicted octanol–water partition coefficient (Wildman–Crippen LogP) is 6.13. The molecule has 2 aliphatic rings. The molecule has 7 heteroatoms. The maximum atomic E-state index is 13.0. The average Bonchev–Trinajstić information content (AvgIpc) is 3.40. The summed E-state index contributed by atoms with van der Waals surface area (Å²) in [5.41, 5.74) is 4.47. The molecule has 1 saturated carbocycles. The largest absolute Gasteiger partial charge is 0.347 e. The minimum atomic E-state index is -0.160. The third-order valence-electron chi connectivity index (χ3n) is 5.91. The van der Waals surface area contributed by atoms with Crippen LogP contribution < -0.4 is 5.32 Å². The van der Waals surface area contributed by atoms with Gasteiger partial charge in [-0.2, -0.15) is 5.10 Å². The van der Waals surface area contributed by atoms with E-state index >= 15 is 0 Å². The quantitative estimate of drug-likeness (QED) is 0.524. The second kappa shape index (κ2) is 7.35. The van der Waals surface area contributed by atoms with Crippen LogP contribution in [0.15, 0.2) is 42.5 Å². The van der Waals surface area contributed by atoms with E-state index in [4.69, 9.17) is 39.9 Å². The highest BCUT2D eigenvalue weighted by atomic mass is 35.5. The lowest BCUT2D eigenvalue weighted by atomic mass is 9.95. The molecule has 1 amide bonds. The Hall–Kier alpha value is -2.01. The molecule has 2 atom stereocenters. The van der Waals surface area contributed by atoms with Crippen molar-refractivity contribution in [1.29, 1.82) is 0 Å². The van der Waals surface area contributed by atoms with Crippen LogP contribution in [0.25, 0.3) is 5.69 Å². The standard InChI is InChI=1S/C22H18Cl3N3O/c23-15-5-1-12(2-6-15)11-26-22(29)20-19-13-3-4-14(9-13)21(19)28(27-20)18-8-7-16(24)10-17(18)25/h1-2,5-8,10,13-14H,3-4,9,11H2,(H,26,29). The highest BCUT2D eigenvalue weighted by molar-refractivity contribution is 6.35. The molecule has 2 aromatic carbocycles. The molecule has 1 heterocycles. The fourth-order valence-corrected chi connectivity index (χ4v) is 5.22. The molecule has 5 rings (SSSR count). The third kappa shape index (κ3) is 3.33. The maximum Gasteiger partial charge on any atom is 0.272 e. The number of nitrogens with zero attached hydrogens (tertiary/aromatic N) is 2. The van der Waals surface area contributed by atoms with Crippen molar-refractivity contribution in [3.05, 3.63) is 80.0 Å². The van der Waals surface area contributed by atoms with Crippen LogP contribution in [0.2, 0.25) is 15.1 Å². The SMILES string of the molecule is O=C(NCc1ccc(Cl)cc1)c1nn(-c2ccc(Cl)cc2Cl)c2c1C1CCC2C1. The number of hydrogen-bond acceptors (Lipinski definition) is 2. The molecule has 2 bridgehead atoms. The van der Waals surface area contributed by atoms with Gasteiger partial charge < -0.3 is 5.32 Å². The molecule has 4 nitrogen and oxygen atoms in total. The Kier molecular flexibility index (Phi) is 4.81. The van der Waals surface area contributed by atoms with Crippen LogP contribution in [-0.2, 0) is 6.54 Å². The Morgan fingerprint density at radius 3 is 2.52 bits per heavy atom. The van der Waals surface area contributed by atoms with Crippen LogP contribution in [0.4, 0.5) is 0 Å². The van der Waals surface area contributed by atoms with Crippen molar-refractivity contribution in [3.8, 4) is 5.69 Å². The van der Waals surface area contributed by atoms with Crippen molar-refractivity contribution in [2.75, 3.05) is 0 Å². The number of amides is 1. The fraction of sp³-hybridized carbons (Fsp3) is 0.273. The Labute approximate surface area is 183 Å². The van der Waals surface area contributed by atoms with E-state index in [1.54, 1.807) is 12.1 Å². The minimum absolute atomic E-state index is 0.160. The molecule has 1 aromatic heterocycles. The molecule has 148 valence electrons. The van der Waals surface area contributed by atoms with Gasteiger partial charge in [0.25, 0.3) is 5.91 Å². The zero-order valence-corrected chi connectivity index (χ0v) is 17.7. The van der Waals surface area contributed by atoms with Gasteiger partial charge in [0.05, 0.1) is 16.4 Å². The lowest BCUT2D eigenvalue weighted by Gasteiger charge is -2.14. The van der Waals surface area contributed by atoms with Crippen LogP contribution in [0.5, 0.6) is 0 Å². The number of aromatic nitrogens is 2. The van der Waals surface area contributed by atoms with Crippen LogP contribution in [0.1, 0.15) is 58.4 Å². The van der Waals surface area contributed by atoms with Gasteiger partial charge in [0, 0.05) is 28.1 Å². The van der Waals surface area contributed by atoms with Crippen LogP contribution >= 0.6 is 34.8 Å². The summed E-state index contributed by atoms with van der Waals surface area (Å²) >= 11 is 18.5. The first kappa shape index (κ1) is 19.0. The highest BCUT2D eigenvalue weighted by Crippen LogP contribution is 2.54. The second-order valence-electron chi connectivity index (χ2n) is 7.67. The molecular formula is C22H18Cl3N3O. The molecular weight excluding hydrogens is 429 g/mol. The zero-order chi connectivity index (χ0) is 20.1. The molecule has 0 aliphatic heterocycles. The minimum Gasteiger partial charge on any atom is -0.347 e. The number of carbonyl (C=O) groups is 1. The maximum absolute atomic E-state index is 13.0. The lowest BCUT2D eigenvalue weighted by Crippen LogP contribution is -2.24. The molecule has 1 N–H and O–H groups in total. The van der Waals surface area contributed by atoms with E-state index in [2.05, 4.69) is 5.32 Å². The third-order valence-corrected chi connectivity index (χ3v) is 6.70. The summed E-state index contributed by atoms with van der Waals surface area (Å²) in [5, 5.41) is 9.49. The topological polar surface area (TPSA) is 46.9 Å². The first-order valence-corrected chi connectivity index (χ1v) is 10.8. The number of rotatable bonds is 4. The summed E-state index contributed by atoms with van der Waals surface area (Å²) in [5.74, 6) is 0.658. The van der Waals surface area contributed by atoms with Crippen molar-refractivity contribution < 1.29 is 4.79 Å². The number of halogens is 3. The molecule has 1 fully saturated rings. The summed E-state index contributed by atoms with van der Waals surface area (Å²) in [6.45, 7) is 0.424. The normalized spacial score (nSPS) is 19.4. The number of carbonyl (C=O) groups excluding carboxylic acids is 1. The molecule has 0 radical (unpaired) electrons. The number of benzene rings is 2. The summed E-state index contributed by atoms with van der Waals surface area (Å²) in [4.78, 5) is 13.0. The van der Waals surface area contributed by atoms with E-state index in [1.165, 1.54) is 0 Å². The predicted molar refractivity (Wildman–Crippen MR) is 116 cm³/mol. The molecule has 0 saturated heterocycles. The molecule has 3 aromatic rings. The van der Waals surface area contributed by atoms with Crippen molar-refractivity contribution in [2.45, 2.75) is 37.6 Å². The molecule has 2 aliphatic carbocycles. The van der Waals surface area contributed by atoms with Crippen molar-refractivity contribution in [3.63, 3.8) is 0 Å². The van der Waals surface area contributed by atoms with E-state index in [9.17, 15) is 4.79 Å². The van der Waals surface area contributed by atoms with Gasteiger partial charge in [0.2, 0.25) is 0 Å². The van der Waals surface area contributed by atoms with E-state index in [1.807, 2.05) is 35.0 Å². The number of fused-ring (bicyclic) bond motifs is 5. The Balaban J connectivity index is 1.50. The molecule has 2 unspecified atom stereocenters. The van der Waals surface area contributed by atoms with Gasteiger partial charge in [-0.3, -0.25) is 4.79 Å². The van der Waals surface area contributed by atoms with Gasteiger partial charge in [0.15, 0.2) is 5.69 Å². The highest BCUT2D eigenvalue weighted by Gasteiger charge is 2.44. The van der Waals surface area contributed by atoms with E-state index in [0.717, 1.165) is 41.8 Å². The van der Waals surface area contributed by atoms with E-state index in [0.29, 0.717) is 39.1 Å². The van der Waals surface area contributed by atoms with Crippen molar-refractivity contribution in [1.82, 2.24) is 15.1 Å². The van der Waals surface area contributed by atoms with Gasteiger partial charge in [-0.15, -0.1) is 0 Å². The molecule has 29 heavy (non-hydrogen) atoms. The van der Waals surface area contributed by atoms with Gasteiger partial charge >= 0.3 is 0 Å².